The maximum absolute atomic E-state index is 12.8. The summed E-state index contributed by atoms with van der Waals surface area (Å²) in [5, 5.41) is 3.31. The van der Waals surface area contributed by atoms with Crippen LogP contribution in [0.2, 0.25) is 5.02 Å². The smallest absolute Gasteiger partial charge is 0.243 e. The lowest BCUT2D eigenvalue weighted by Crippen LogP contribution is -2.40. The van der Waals surface area contributed by atoms with Gasteiger partial charge in [0.1, 0.15) is 17.6 Å². The second-order valence-electron chi connectivity index (χ2n) is 6.89. The molecule has 3 rings (SSSR count). The molecule has 1 unspecified atom stereocenters. The minimum atomic E-state index is -3.85. The van der Waals surface area contributed by atoms with Crippen LogP contribution in [0.1, 0.15) is 17.4 Å². The SMILES string of the molecule is COc1cccc(C(NC(=O)CN(C)S(=O)(=O)c2ccc(Cl)cc2)c2nccn2C)c1. The van der Waals surface area contributed by atoms with E-state index in [-0.39, 0.29) is 11.4 Å². The quantitative estimate of drug-likeness (QED) is 0.555. The summed E-state index contributed by atoms with van der Waals surface area (Å²) in [6, 6.07) is 12.4. The summed E-state index contributed by atoms with van der Waals surface area (Å²) in [5.41, 5.74) is 0.755. The van der Waals surface area contributed by atoms with Gasteiger partial charge in [-0.25, -0.2) is 13.4 Å². The Labute approximate surface area is 186 Å². The molecule has 0 fully saturated rings. The van der Waals surface area contributed by atoms with Crippen LogP contribution in [0.5, 0.6) is 5.75 Å². The molecule has 0 aliphatic heterocycles. The highest BCUT2D eigenvalue weighted by molar-refractivity contribution is 7.89. The number of amides is 1. The highest BCUT2D eigenvalue weighted by atomic mass is 35.5. The molecule has 1 aromatic heterocycles. The van der Waals surface area contributed by atoms with Crippen LogP contribution in [0, 0.1) is 0 Å². The average Bonchev–Trinajstić information content (AvgIpc) is 3.17. The first-order valence-electron chi connectivity index (χ1n) is 9.35. The van der Waals surface area contributed by atoms with Gasteiger partial charge in [-0.05, 0) is 42.0 Å². The Morgan fingerprint density at radius 3 is 2.58 bits per heavy atom. The number of benzene rings is 2. The van der Waals surface area contributed by atoms with Gasteiger partial charge in [-0.15, -0.1) is 0 Å². The molecular formula is C21H23ClN4O4S. The minimum absolute atomic E-state index is 0.0562. The van der Waals surface area contributed by atoms with Crippen molar-refractivity contribution in [2.75, 3.05) is 20.7 Å². The van der Waals surface area contributed by atoms with E-state index in [1.165, 1.54) is 31.3 Å². The van der Waals surface area contributed by atoms with Crippen molar-refractivity contribution in [2.45, 2.75) is 10.9 Å². The summed E-state index contributed by atoms with van der Waals surface area (Å²) in [4.78, 5) is 17.2. The third kappa shape index (κ3) is 5.25. The predicted molar refractivity (Wildman–Crippen MR) is 117 cm³/mol. The number of carbonyl (C=O) groups is 1. The molecule has 0 spiro atoms. The topological polar surface area (TPSA) is 93.5 Å². The summed E-state index contributed by atoms with van der Waals surface area (Å²) >= 11 is 5.83. The zero-order valence-corrected chi connectivity index (χ0v) is 18.9. The van der Waals surface area contributed by atoms with Crippen LogP contribution < -0.4 is 10.1 Å². The molecule has 3 aromatic rings. The number of methoxy groups -OCH3 is 1. The predicted octanol–water partition coefficient (Wildman–Crippen LogP) is 2.61. The third-order valence-corrected chi connectivity index (χ3v) is 6.81. The lowest BCUT2D eigenvalue weighted by atomic mass is 10.1. The van der Waals surface area contributed by atoms with E-state index < -0.39 is 22.0 Å². The molecule has 164 valence electrons. The number of nitrogens with one attached hydrogen (secondary N) is 1. The van der Waals surface area contributed by atoms with Crippen LogP contribution in [0.4, 0.5) is 0 Å². The Kier molecular flexibility index (Phi) is 6.99. The molecule has 0 bridgehead atoms. The van der Waals surface area contributed by atoms with E-state index in [1.54, 1.807) is 36.2 Å². The first kappa shape index (κ1) is 22.8. The van der Waals surface area contributed by atoms with Gasteiger partial charge >= 0.3 is 0 Å². The Balaban J connectivity index is 1.82. The van der Waals surface area contributed by atoms with Crippen molar-refractivity contribution in [1.82, 2.24) is 19.2 Å². The standard InChI is InChI=1S/C21H23ClN4O4S/c1-25-12-11-23-21(25)20(15-5-4-6-17(13-15)30-3)24-19(27)14-26(2)31(28,29)18-9-7-16(22)8-10-18/h4-13,20H,14H2,1-3H3,(H,24,27). The second kappa shape index (κ2) is 9.51. The Hall–Kier alpha value is -2.88. The van der Waals surface area contributed by atoms with E-state index >= 15 is 0 Å². The molecule has 1 N–H and O–H groups in total. The molecule has 0 radical (unpaired) electrons. The monoisotopic (exact) mass is 462 g/mol. The maximum atomic E-state index is 12.8. The van der Waals surface area contributed by atoms with Gasteiger partial charge in [0.2, 0.25) is 15.9 Å². The number of hydrogen-bond donors (Lipinski definition) is 1. The van der Waals surface area contributed by atoms with E-state index in [0.717, 1.165) is 9.87 Å². The number of aryl methyl sites for hydroxylation is 1. The molecule has 31 heavy (non-hydrogen) atoms. The summed E-state index contributed by atoms with van der Waals surface area (Å²) in [6.45, 7) is -0.365. The fraction of sp³-hybridized carbons (Fsp3) is 0.238. The molecule has 2 aromatic carbocycles. The van der Waals surface area contributed by atoms with Crippen molar-refractivity contribution >= 4 is 27.5 Å². The number of nitrogens with zero attached hydrogens (tertiary/aromatic N) is 3. The van der Waals surface area contributed by atoms with Crippen molar-refractivity contribution in [1.29, 1.82) is 0 Å². The first-order valence-corrected chi connectivity index (χ1v) is 11.2. The van der Waals surface area contributed by atoms with E-state index in [1.807, 2.05) is 19.2 Å². The zero-order chi connectivity index (χ0) is 22.6. The van der Waals surface area contributed by atoms with Crippen LogP contribution in [0.25, 0.3) is 0 Å². The maximum Gasteiger partial charge on any atom is 0.243 e. The normalized spacial score (nSPS) is 12.5. The summed E-state index contributed by atoms with van der Waals surface area (Å²) in [6.07, 6.45) is 3.40. The van der Waals surface area contributed by atoms with Crippen LogP contribution >= 0.6 is 11.6 Å². The number of halogens is 1. The van der Waals surface area contributed by atoms with Gasteiger partial charge < -0.3 is 14.6 Å². The van der Waals surface area contributed by atoms with E-state index in [9.17, 15) is 13.2 Å². The Bertz CT molecular complexity index is 1160. The van der Waals surface area contributed by atoms with E-state index in [4.69, 9.17) is 16.3 Å². The number of ether oxygens (including phenoxy) is 1. The van der Waals surface area contributed by atoms with Gasteiger partial charge in [0.15, 0.2) is 0 Å². The van der Waals surface area contributed by atoms with Gasteiger partial charge in [0, 0.05) is 31.5 Å². The number of rotatable bonds is 8. The number of imidazole rings is 1. The molecule has 1 amide bonds. The van der Waals surface area contributed by atoms with Crippen LogP contribution in [-0.2, 0) is 21.9 Å². The lowest BCUT2D eigenvalue weighted by molar-refractivity contribution is -0.121. The second-order valence-corrected chi connectivity index (χ2v) is 9.37. The molecule has 0 aliphatic carbocycles. The molecule has 0 saturated heterocycles. The molecule has 0 saturated carbocycles. The first-order chi connectivity index (χ1) is 14.7. The summed E-state index contributed by atoms with van der Waals surface area (Å²) in [5.74, 6) is 0.758. The average molecular weight is 463 g/mol. The van der Waals surface area contributed by atoms with Crippen molar-refractivity contribution in [3.8, 4) is 5.75 Å². The van der Waals surface area contributed by atoms with Gasteiger partial charge in [-0.2, -0.15) is 4.31 Å². The van der Waals surface area contributed by atoms with Crippen LogP contribution in [-0.4, -0.2) is 48.9 Å². The molecule has 0 aliphatic rings. The van der Waals surface area contributed by atoms with Crippen molar-refractivity contribution in [3.05, 3.63) is 77.3 Å². The number of carbonyl (C=O) groups excluding carboxylic acids is 1. The van der Waals surface area contributed by atoms with Gasteiger partial charge in [-0.3, -0.25) is 4.79 Å². The summed E-state index contributed by atoms with van der Waals surface area (Å²) in [7, 11) is 0.879. The van der Waals surface area contributed by atoms with E-state index in [2.05, 4.69) is 10.3 Å². The number of aromatic nitrogens is 2. The Morgan fingerprint density at radius 1 is 1.26 bits per heavy atom. The number of sulfonamides is 1. The lowest BCUT2D eigenvalue weighted by Gasteiger charge is -2.22. The molecule has 1 heterocycles. The van der Waals surface area contributed by atoms with Crippen LogP contribution in [0.15, 0.2) is 65.8 Å². The highest BCUT2D eigenvalue weighted by Crippen LogP contribution is 2.24. The van der Waals surface area contributed by atoms with E-state index in [0.29, 0.717) is 16.6 Å². The largest absolute Gasteiger partial charge is 0.497 e. The summed E-state index contributed by atoms with van der Waals surface area (Å²) < 4.78 is 33.6. The molecular weight excluding hydrogens is 440 g/mol. The molecule has 10 heteroatoms. The minimum Gasteiger partial charge on any atom is -0.497 e. The van der Waals surface area contributed by atoms with Crippen molar-refractivity contribution < 1.29 is 17.9 Å². The zero-order valence-electron chi connectivity index (χ0n) is 17.3. The molecule has 1 atom stereocenters. The highest BCUT2D eigenvalue weighted by Gasteiger charge is 2.26. The van der Waals surface area contributed by atoms with Gasteiger partial charge in [0.25, 0.3) is 0 Å². The number of hydrogen-bond acceptors (Lipinski definition) is 5. The fourth-order valence-corrected chi connectivity index (χ4v) is 4.31. The van der Waals surface area contributed by atoms with Crippen LogP contribution in [0.3, 0.4) is 0 Å². The van der Waals surface area contributed by atoms with Gasteiger partial charge in [0.05, 0.1) is 18.6 Å². The number of likely N-dealkylation sites (N-methyl/N-ethyl adjacent to an activating group) is 1. The Morgan fingerprint density at radius 2 is 1.97 bits per heavy atom. The fourth-order valence-electron chi connectivity index (χ4n) is 3.05. The van der Waals surface area contributed by atoms with Crippen molar-refractivity contribution in [3.63, 3.8) is 0 Å². The van der Waals surface area contributed by atoms with Gasteiger partial charge in [-0.1, -0.05) is 23.7 Å². The third-order valence-electron chi connectivity index (χ3n) is 4.74. The van der Waals surface area contributed by atoms with Crippen molar-refractivity contribution in [2.24, 2.45) is 7.05 Å². The molecule has 8 nitrogen and oxygen atoms in total.